The Bertz CT molecular complexity index is 976. The second-order valence-corrected chi connectivity index (χ2v) is 6.20. The molecule has 2 heterocycles. The third-order valence-electron chi connectivity index (χ3n) is 4.23. The molecule has 2 aromatic heterocycles. The Balaban J connectivity index is 1.71. The predicted molar refractivity (Wildman–Crippen MR) is 95.9 cm³/mol. The summed E-state index contributed by atoms with van der Waals surface area (Å²) < 4.78 is 7.30. The molecular weight excluding hydrogens is 334 g/mol. The number of benzene rings is 1. The highest BCUT2D eigenvalue weighted by Gasteiger charge is 2.10. The van der Waals surface area contributed by atoms with E-state index in [1.807, 2.05) is 29.1 Å². The minimum absolute atomic E-state index is 0.0532. The van der Waals surface area contributed by atoms with Gasteiger partial charge in [0.1, 0.15) is 17.9 Å². The number of phenols is 1. The number of hydrogen-bond donors (Lipinski definition) is 2. The van der Waals surface area contributed by atoms with Gasteiger partial charge in [0.15, 0.2) is 12.4 Å². The molecule has 0 bridgehead atoms. The van der Waals surface area contributed by atoms with Crippen molar-refractivity contribution < 1.29 is 24.0 Å². The highest BCUT2D eigenvalue weighted by Crippen LogP contribution is 2.23. The zero-order valence-corrected chi connectivity index (χ0v) is 14.2. The highest BCUT2D eigenvalue weighted by atomic mass is 16.4. The number of hydrogen-bond acceptors (Lipinski definition) is 4. The maximum atomic E-state index is 12.2. The third-order valence-corrected chi connectivity index (χ3v) is 4.23. The van der Waals surface area contributed by atoms with Crippen molar-refractivity contribution in [2.75, 3.05) is 0 Å². The molecule has 0 fully saturated rings. The molecular formula is C20H20NO5+. The number of fused-ring (bicyclic) bond motifs is 1. The van der Waals surface area contributed by atoms with Crippen molar-refractivity contribution >= 4 is 16.9 Å². The number of aryl methyl sites for hydroxylation is 1. The molecule has 26 heavy (non-hydrogen) atoms. The molecule has 0 radical (unpaired) electrons. The summed E-state index contributed by atoms with van der Waals surface area (Å²) in [5, 5.41) is 18.8. The maximum absolute atomic E-state index is 12.2. The van der Waals surface area contributed by atoms with Gasteiger partial charge in [-0.2, -0.15) is 0 Å². The molecule has 0 saturated carbocycles. The summed E-state index contributed by atoms with van der Waals surface area (Å²) in [5.41, 5.74) is 1.13. The van der Waals surface area contributed by atoms with Crippen LogP contribution in [0.3, 0.4) is 0 Å². The van der Waals surface area contributed by atoms with Crippen molar-refractivity contribution in [3.8, 4) is 16.9 Å². The van der Waals surface area contributed by atoms with Crippen LogP contribution >= 0.6 is 0 Å². The lowest BCUT2D eigenvalue weighted by Crippen LogP contribution is -2.32. The average Bonchev–Trinajstić information content (AvgIpc) is 2.61. The van der Waals surface area contributed by atoms with Gasteiger partial charge in [0.05, 0.1) is 5.56 Å². The summed E-state index contributed by atoms with van der Waals surface area (Å²) in [5.74, 6) is -0.705. The van der Waals surface area contributed by atoms with E-state index in [1.54, 1.807) is 18.2 Å². The number of aromatic nitrogens is 1. The number of pyridine rings is 1. The molecule has 2 N–H and O–H groups in total. The quantitative estimate of drug-likeness (QED) is 0.386. The molecule has 0 spiro atoms. The largest absolute Gasteiger partial charge is 0.508 e. The smallest absolute Gasteiger partial charge is 0.344 e. The summed E-state index contributed by atoms with van der Waals surface area (Å²) >= 11 is 0. The molecule has 0 unspecified atom stereocenters. The van der Waals surface area contributed by atoms with Gasteiger partial charge in [-0.3, -0.25) is 4.79 Å². The summed E-state index contributed by atoms with van der Waals surface area (Å²) in [6.07, 6.45) is 6.45. The summed E-state index contributed by atoms with van der Waals surface area (Å²) in [7, 11) is 0. The Labute approximate surface area is 150 Å². The Morgan fingerprint density at radius 1 is 1.04 bits per heavy atom. The van der Waals surface area contributed by atoms with Crippen LogP contribution in [0.15, 0.2) is 58.0 Å². The number of phenolic OH excluding ortho intramolecular Hbond substituents is 1. The van der Waals surface area contributed by atoms with Gasteiger partial charge >= 0.3 is 11.6 Å². The van der Waals surface area contributed by atoms with Crippen LogP contribution < -0.4 is 10.2 Å². The number of unbranched alkanes of at least 4 members (excludes halogenated alkanes) is 2. The molecule has 0 aliphatic heterocycles. The predicted octanol–water partition coefficient (Wildman–Crippen LogP) is 3.10. The first-order valence-electron chi connectivity index (χ1n) is 8.51. The first-order valence-corrected chi connectivity index (χ1v) is 8.51. The minimum atomic E-state index is -0.758. The molecule has 0 atom stereocenters. The van der Waals surface area contributed by atoms with E-state index in [0.717, 1.165) is 30.3 Å². The molecule has 3 rings (SSSR count). The zero-order valence-electron chi connectivity index (χ0n) is 14.2. The van der Waals surface area contributed by atoms with Crippen LogP contribution in [-0.4, -0.2) is 16.2 Å². The Morgan fingerprint density at radius 2 is 1.81 bits per heavy atom. The van der Waals surface area contributed by atoms with Crippen molar-refractivity contribution in [1.82, 2.24) is 0 Å². The summed E-state index contributed by atoms with van der Waals surface area (Å²) in [4.78, 5) is 22.7. The Hall–Kier alpha value is -3.15. The topological polar surface area (TPSA) is 91.6 Å². The van der Waals surface area contributed by atoms with E-state index in [9.17, 15) is 14.7 Å². The normalized spacial score (nSPS) is 10.9. The first kappa shape index (κ1) is 17.7. The lowest BCUT2D eigenvalue weighted by atomic mass is 10.1. The van der Waals surface area contributed by atoms with Crippen LogP contribution in [0.5, 0.6) is 5.75 Å². The first-order chi connectivity index (χ1) is 12.5. The van der Waals surface area contributed by atoms with E-state index in [0.29, 0.717) is 17.6 Å². The van der Waals surface area contributed by atoms with Crippen molar-refractivity contribution in [2.45, 2.75) is 32.2 Å². The monoisotopic (exact) mass is 354 g/mol. The average molecular weight is 354 g/mol. The Morgan fingerprint density at radius 3 is 2.54 bits per heavy atom. The fourth-order valence-corrected chi connectivity index (χ4v) is 2.83. The number of rotatable bonds is 7. The fraction of sp³-hybridized carbons (Fsp3) is 0.250. The molecule has 134 valence electrons. The van der Waals surface area contributed by atoms with Gasteiger partial charge in [0.25, 0.3) is 0 Å². The molecule has 0 aliphatic rings. The van der Waals surface area contributed by atoms with E-state index >= 15 is 0 Å². The van der Waals surface area contributed by atoms with Crippen LogP contribution in [-0.2, 0) is 11.3 Å². The van der Waals surface area contributed by atoms with Gasteiger partial charge in [-0.1, -0.05) is 0 Å². The number of nitrogens with zero attached hydrogens (tertiary/aromatic N) is 1. The molecule has 0 amide bonds. The molecule has 3 aromatic rings. The lowest BCUT2D eigenvalue weighted by Gasteiger charge is -2.03. The van der Waals surface area contributed by atoms with E-state index < -0.39 is 11.6 Å². The van der Waals surface area contributed by atoms with E-state index in [2.05, 4.69) is 0 Å². The van der Waals surface area contributed by atoms with Crippen LogP contribution in [0.25, 0.3) is 22.1 Å². The number of carboxylic acid groups (broad SMARTS) is 1. The van der Waals surface area contributed by atoms with Crippen molar-refractivity contribution in [3.05, 3.63) is 59.2 Å². The maximum Gasteiger partial charge on any atom is 0.344 e. The SMILES string of the molecule is O=C(O)CCCCC[n+]1ccc(-c2cc3ccc(O)cc3oc2=O)cc1. The third kappa shape index (κ3) is 4.27. The number of aromatic hydroxyl groups is 1. The van der Waals surface area contributed by atoms with Crippen LogP contribution in [0.1, 0.15) is 25.7 Å². The minimum Gasteiger partial charge on any atom is -0.508 e. The zero-order chi connectivity index (χ0) is 18.5. The molecule has 1 aromatic carbocycles. The molecule has 6 nitrogen and oxygen atoms in total. The molecule has 0 aliphatic carbocycles. The lowest BCUT2D eigenvalue weighted by molar-refractivity contribution is -0.697. The van der Waals surface area contributed by atoms with E-state index in [-0.39, 0.29) is 12.2 Å². The number of carboxylic acids is 1. The fourth-order valence-electron chi connectivity index (χ4n) is 2.83. The van der Waals surface area contributed by atoms with Gasteiger partial charge in [-0.05, 0) is 31.0 Å². The molecule has 6 heteroatoms. The highest BCUT2D eigenvalue weighted by molar-refractivity contribution is 5.82. The molecule has 0 saturated heterocycles. The van der Waals surface area contributed by atoms with Gasteiger partial charge in [0.2, 0.25) is 0 Å². The standard InChI is InChI=1S/C20H19NO5/c22-16-6-5-15-12-17(20(25)26-18(15)13-16)14-7-10-21(11-8-14)9-3-1-2-4-19(23)24/h5-8,10-13H,1-4,9H2,(H,23,24)/p+1. The van der Waals surface area contributed by atoms with Crippen molar-refractivity contribution in [3.63, 3.8) is 0 Å². The second-order valence-electron chi connectivity index (χ2n) is 6.20. The summed E-state index contributed by atoms with van der Waals surface area (Å²) in [6, 6.07) is 10.1. The van der Waals surface area contributed by atoms with Crippen LogP contribution in [0.2, 0.25) is 0 Å². The van der Waals surface area contributed by atoms with E-state index in [1.165, 1.54) is 6.07 Å². The van der Waals surface area contributed by atoms with Gasteiger partial charge in [-0.15, -0.1) is 0 Å². The van der Waals surface area contributed by atoms with Gasteiger partial charge in [0, 0.05) is 42.0 Å². The number of carbonyl (C=O) groups is 1. The van der Waals surface area contributed by atoms with Gasteiger partial charge in [-0.25, -0.2) is 9.36 Å². The Kier molecular flexibility index (Phi) is 5.31. The second kappa shape index (κ2) is 7.82. The van der Waals surface area contributed by atoms with E-state index in [4.69, 9.17) is 9.52 Å². The van der Waals surface area contributed by atoms with Gasteiger partial charge < -0.3 is 14.6 Å². The van der Waals surface area contributed by atoms with Crippen molar-refractivity contribution in [2.24, 2.45) is 0 Å². The van der Waals surface area contributed by atoms with Crippen LogP contribution in [0, 0.1) is 0 Å². The number of aliphatic carboxylic acids is 1. The summed E-state index contributed by atoms with van der Waals surface area (Å²) in [6.45, 7) is 0.797. The van der Waals surface area contributed by atoms with Crippen molar-refractivity contribution in [1.29, 1.82) is 0 Å². The van der Waals surface area contributed by atoms with Crippen LogP contribution in [0.4, 0.5) is 0 Å².